The van der Waals surface area contributed by atoms with Crippen LogP contribution in [0.5, 0.6) is 0 Å². The maximum Gasteiger partial charge on any atom is 0.362 e. The molecule has 1 amide bonds. The second kappa shape index (κ2) is 10.6. The molecule has 4 rings (SSSR count). The lowest BCUT2D eigenvalue weighted by atomic mass is 9.84. The molecule has 1 aromatic heterocycles. The van der Waals surface area contributed by atoms with Crippen LogP contribution in [0.2, 0.25) is 0 Å². The number of carbonyl (C=O) groups excluding carboxylic acids is 1. The minimum atomic E-state index is -1.88. The van der Waals surface area contributed by atoms with Gasteiger partial charge in [-0.1, -0.05) is 42.4 Å². The van der Waals surface area contributed by atoms with Crippen molar-refractivity contribution in [2.75, 3.05) is 13.2 Å². The number of ether oxygens (including phenoxy) is 1. The van der Waals surface area contributed by atoms with Gasteiger partial charge in [-0.2, -0.15) is 5.10 Å². The van der Waals surface area contributed by atoms with E-state index < -0.39 is 23.3 Å². The lowest BCUT2D eigenvalue weighted by Gasteiger charge is -2.38. The highest BCUT2D eigenvalue weighted by Gasteiger charge is 2.39. The first-order chi connectivity index (χ1) is 16.9. The standard InChI is InChI=1S/C26H30F2N4O3/c1-3-5-22-14-15-23(35-4-2)17-31(22)25(33)32-29-16-24(30-32)26(34,18-6-10-20(27)11-7-18)19-8-12-21(28)13-9-19/h6-13,16,22-23,34H,3-5,14-15,17H2,1-2H3/t22-,23+/m0/s1. The smallest absolute Gasteiger partial charge is 0.362 e. The predicted molar refractivity (Wildman–Crippen MR) is 126 cm³/mol. The van der Waals surface area contributed by atoms with Gasteiger partial charge in [-0.15, -0.1) is 5.10 Å². The largest absolute Gasteiger partial charge is 0.377 e. The van der Waals surface area contributed by atoms with E-state index in [1.54, 1.807) is 4.90 Å². The Morgan fingerprint density at radius 1 is 1.06 bits per heavy atom. The van der Waals surface area contributed by atoms with E-state index in [-0.39, 0.29) is 17.8 Å². The van der Waals surface area contributed by atoms with E-state index in [0.717, 1.165) is 30.5 Å². The molecule has 0 bridgehead atoms. The van der Waals surface area contributed by atoms with Crippen LogP contribution in [0.15, 0.2) is 54.7 Å². The van der Waals surface area contributed by atoms with E-state index in [2.05, 4.69) is 17.1 Å². The molecule has 1 N–H and O–H groups in total. The molecule has 3 aromatic rings. The van der Waals surface area contributed by atoms with Gasteiger partial charge < -0.3 is 14.7 Å². The van der Waals surface area contributed by atoms with Gasteiger partial charge in [0.15, 0.2) is 5.60 Å². The number of aromatic nitrogens is 3. The fourth-order valence-corrected chi connectivity index (χ4v) is 4.71. The Hall–Kier alpha value is -3.17. The Labute approximate surface area is 203 Å². The molecular formula is C26H30F2N4O3. The van der Waals surface area contributed by atoms with Crippen LogP contribution in [0, 0.1) is 11.6 Å². The molecule has 35 heavy (non-hydrogen) atoms. The van der Waals surface area contributed by atoms with Crippen molar-refractivity contribution in [2.45, 2.75) is 57.3 Å². The molecule has 0 aliphatic carbocycles. The average Bonchev–Trinajstić information content (AvgIpc) is 3.36. The number of benzene rings is 2. The van der Waals surface area contributed by atoms with Crippen LogP contribution in [0.25, 0.3) is 0 Å². The summed E-state index contributed by atoms with van der Waals surface area (Å²) < 4.78 is 33.0. The van der Waals surface area contributed by atoms with Crippen LogP contribution < -0.4 is 0 Å². The van der Waals surface area contributed by atoms with Crippen molar-refractivity contribution in [3.63, 3.8) is 0 Å². The Bertz CT molecular complexity index is 1090. The van der Waals surface area contributed by atoms with Crippen LogP contribution in [-0.2, 0) is 10.3 Å². The highest BCUT2D eigenvalue weighted by molar-refractivity contribution is 5.75. The minimum absolute atomic E-state index is 0.0479. The maximum atomic E-state index is 13.6. The Morgan fingerprint density at radius 3 is 2.20 bits per heavy atom. The Balaban J connectivity index is 1.70. The van der Waals surface area contributed by atoms with E-state index in [1.165, 1.54) is 54.7 Å². The normalized spacial score (nSPS) is 18.6. The number of aliphatic hydroxyl groups is 1. The zero-order valence-corrected chi connectivity index (χ0v) is 19.9. The van der Waals surface area contributed by atoms with Crippen molar-refractivity contribution in [1.82, 2.24) is 19.9 Å². The number of amides is 1. The van der Waals surface area contributed by atoms with Gasteiger partial charge in [-0.05, 0) is 61.6 Å². The van der Waals surface area contributed by atoms with Crippen LogP contribution in [0.1, 0.15) is 56.4 Å². The first-order valence-corrected chi connectivity index (χ1v) is 12.0. The summed E-state index contributed by atoms with van der Waals surface area (Å²) in [5.41, 5.74) is -1.20. The topological polar surface area (TPSA) is 80.5 Å². The third kappa shape index (κ3) is 5.11. The molecule has 1 fully saturated rings. The van der Waals surface area contributed by atoms with Gasteiger partial charge in [0, 0.05) is 19.2 Å². The van der Waals surface area contributed by atoms with Crippen LogP contribution in [-0.4, -0.2) is 56.3 Å². The van der Waals surface area contributed by atoms with Crippen molar-refractivity contribution in [3.8, 4) is 0 Å². The number of halogens is 2. The third-order valence-corrected chi connectivity index (χ3v) is 6.49. The molecule has 2 aromatic carbocycles. The molecule has 2 heterocycles. The van der Waals surface area contributed by atoms with Gasteiger partial charge in [-0.3, -0.25) is 0 Å². The van der Waals surface area contributed by atoms with Gasteiger partial charge in [0.2, 0.25) is 0 Å². The Morgan fingerprint density at radius 2 is 1.66 bits per heavy atom. The summed E-state index contributed by atoms with van der Waals surface area (Å²) in [4.78, 5) is 16.2. The second-order valence-electron chi connectivity index (χ2n) is 8.78. The second-order valence-corrected chi connectivity index (χ2v) is 8.78. The number of hydrogen-bond acceptors (Lipinski definition) is 5. The van der Waals surface area contributed by atoms with E-state index in [9.17, 15) is 18.7 Å². The van der Waals surface area contributed by atoms with Crippen molar-refractivity contribution in [1.29, 1.82) is 0 Å². The van der Waals surface area contributed by atoms with Crippen LogP contribution in [0.4, 0.5) is 13.6 Å². The number of piperidine rings is 1. The number of rotatable bonds is 7. The molecule has 7 nitrogen and oxygen atoms in total. The molecule has 186 valence electrons. The highest BCUT2D eigenvalue weighted by Crippen LogP contribution is 2.35. The fourth-order valence-electron chi connectivity index (χ4n) is 4.71. The van der Waals surface area contributed by atoms with E-state index in [0.29, 0.717) is 24.3 Å². The average molecular weight is 485 g/mol. The van der Waals surface area contributed by atoms with E-state index >= 15 is 0 Å². The van der Waals surface area contributed by atoms with Crippen molar-refractivity contribution >= 4 is 6.03 Å². The lowest BCUT2D eigenvalue weighted by molar-refractivity contribution is -0.00293. The van der Waals surface area contributed by atoms with E-state index in [4.69, 9.17) is 4.74 Å². The number of likely N-dealkylation sites (tertiary alicyclic amines) is 1. The zero-order chi connectivity index (χ0) is 25.0. The molecular weight excluding hydrogens is 454 g/mol. The summed E-state index contributed by atoms with van der Waals surface area (Å²) >= 11 is 0. The van der Waals surface area contributed by atoms with Crippen LogP contribution in [0.3, 0.4) is 0 Å². The molecule has 1 aliphatic rings. The van der Waals surface area contributed by atoms with Crippen molar-refractivity contribution < 1.29 is 23.4 Å². The molecule has 0 spiro atoms. The van der Waals surface area contributed by atoms with Crippen LogP contribution >= 0.6 is 0 Å². The molecule has 0 saturated carbocycles. The number of hydrogen-bond donors (Lipinski definition) is 1. The maximum absolute atomic E-state index is 13.6. The van der Waals surface area contributed by atoms with Gasteiger partial charge in [0.05, 0.1) is 12.3 Å². The first-order valence-electron chi connectivity index (χ1n) is 12.0. The summed E-state index contributed by atoms with van der Waals surface area (Å²) in [5, 5.41) is 20.4. The zero-order valence-electron chi connectivity index (χ0n) is 19.9. The summed E-state index contributed by atoms with van der Waals surface area (Å²) in [7, 11) is 0. The van der Waals surface area contributed by atoms with Gasteiger partial charge >= 0.3 is 6.03 Å². The summed E-state index contributed by atoms with van der Waals surface area (Å²) in [5.74, 6) is -0.935. The SMILES string of the molecule is CCC[C@H]1CC[C@@H](OCC)CN1C(=O)n1ncc(C(O)(c2ccc(F)cc2)c2ccc(F)cc2)n1. The molecule has 9 heteroatoms. The van der Waals surface area contributed by atoms with E-state index in [1.807, 2.05) is 6.92 Å². The summed E-state index contributed by atoms with van der Waals surface area (Å²) in [6, 6.07) is 10.2. The van der Waals surface area contributed by atoms with Crippen molar-refractivity contribution in [2.24, 2.45) is 0 Å². The third-order valence-electron chi connectivity index (χ3n) is 6.49. The highest BCUT2D eigenvalue weighted by atomic mass is 19.1. The quantitative estimate of drug-likeness (QED) is 0.535. The first kappa shape index (κ1) is 24.9. The number of carbonyl (C=O) groups is 1. The fraction of sp³-hybridized carbons (Fsp3) is 0.423. The molecule has 1 aliphatic heterocycles. The predicted octanol–water partition coefficient (Wildman–Crippen LogP) is 4.48. The van der Waals surface area contributed by atoms with Crippen molar-refractivity contribution in [3.05, 3.63) is 83.2 Å². The Kier molecular flexibility index (Phi) is 7.57. The summed E-state index contributed by atoms with van der Waals surface area (Å²) in [6.45, 7) is 5.01. The molecule has 0 unspecified atom stereocenters. The molecule has 2 atom stereocenters. The summed E-state index contributed by atoms with van der Waals surface area (Å²) in [6.07, 6.45) is 4.75. The van der Waals surface area contributed by atoms with Gasteiger partial charge in [0.25, 0.3) is 0 Å². The van der Waals surface area contributed by atoms with Gasteiger partial charge in [-0.25, -0.2) is 13.6 Å². The number of nitrogens with zero attached hydrogens (tertiary/aromatic N) is 4. The monoisotopic (exact) mass is 484 g/mol. The lowest BCUT2D eigenvalue weighted by Crippen LogP contribution is -2.51. The minimum Gasteiger partial charge on any atom is -0.377 e. The molecule has 1 saturated heterocycles. The molecule has 0 radical (unpaired) electrons. The van der Waals surface area contributed by atoms with Gasteiger partial charge in [0.1, 0.15) is 17.3 Å².